The summed E-state index contributed by atoms with van der Waals surface area (Å²) < 4.78 is 0. The normalized spacial score (nSPS) is 12.0. The second-order valence-electron chi connectivity index (χ2n) is 7.01. The van der Waals surface area contributed by atoms with Crippen molar-refractivity contribution >= 4 is 5.91 Å². The number of amides is 1. The summed E-state index contributed by atoms with van der Waals surface area (Å²) in [6.45, 7) is 2.32. The quantitative estimate of drug-likeness (QED) is 0.298. The highest BCUT2D eigenvalue weighted by atomic mass is 16.2. The van der Waals surface area contributed by atoms with Crippen molar-refractivity contribution in [3.63, 3.8) is 0 Å². The molecule has 3 rings (SSSR count). The van der Waals surface area contributed by atoms with Crippen molar-refractivity contribution in [3.8, 4) is 0 Å². The number of carbonyl (C=O) groups is 1. The number of benzene rings is 3. The summed E-state index contributed by atoms with van der Waals surface area (Å²) in [6.07, 6.45) is 0.907. The summed E-state index contributed by atoms with van der Waals surface area (Å²) in [7, 11) is 0. The first-order valence-electron chi connectivity index (χ1n) is 9.87. The van der Waals surface area contributed by atoms with Crippen LogP contribution < -0.4 is 17.0 Å². The average Bonchev–Trinajstić information content (AvgIpc) is 2.79. The average molecular weight is 389 g/mol. The first-order valence-corrected chi connectivity index (χ1v) is 9.87. The Labute approximate surface area is 172 Å². The van der Waals surface area contributed by atoms with Gasteiger partial charge in [0.05, 0.1) is 6.04 Å². The number of carbonyl (C=O) groups excluding carboxylic acids is 1. The Hall–Kier alpha value is -2.99. The lowest BCUT2D eigenvalue weighted by Gasteiger charge is -2.33. The van der Waals surface area contributed by atoms with Gasteiger partial charge in [0.15, 0.2) is 0 Å². The van der Waals surface area contributed by atoms with Gasteiger partial charge in [-0.2, -0.15) is 0 Å². The zero-order chi connectivity index (χ0) is 20.5. The van der Waals surface area contributed by atoms with Gasteiger partial charge in [-0.1, -0.05) is 72.8 Å². The van der Waals surface area contributed by atoms with Gasteiger partial charge >= 0.3 is 0 Å². The Morgan fingerprint density at radius 3 is 2.03 bits per heavy atom. The molecule has 5 nitrogen and oxygen atoms in total. The van der Waals surface area contributed by atoms with Gasteiger partial charge in [0, 0.05) is 18.7 Å². The molecular weight excluding hydrogens is 360 g/mol. The molecule has 0 aliphatic carbocycles. The van der Waals surface area contributed by atoms with Crippen molar-refractivity contribution in [2.24, 2.45) is 11.6 Å². The second kappa shape index (κ2) is 10.5. The molecule has 5 N–H and O–H groups in total. The highest BCUT2D eigenvalue weighted by molar-refractivity contribution is 5.93. The van der Waals surface area contributed by atoms with E-state index in [-0.39, 0.29) is 11.9 Å². The van der Waals surface area contributed by atoms with Crippen LogP contribution in [0.4, 0.5) is 0 Å². The molecule has 0 saturated carbocycles. The molecule has 5 heteroatoms. The van der Waals surface area contributed by atoms with E-state index >= 15 is 0 Å². The van der Waals surface area contributed by atoms with Crippen molar-refractivity contribution in [3.05, 3.63) is 107 Å². The summed E-state index contributed by atoms with van der Waals surface area (Å²) in [4.78, 5) is 14.3. The molecule has 0 bridgehead atoms. The molecule has 0 aromatic heterocycles. The van der Waals surface area contributed by atoms with Crippen LogP contribution in [0.15, 0.2) is 84.9 Å². The maximum absolute atomic E-state index is 11.8. The molecule has 1 unspecified atom stereocenters. The first kappa shape index (κ1) is 20.7. The first-order chi connectivity index (χ1) is 14.2. The van der Waals surface area contributed by atoms with E-state index in [0.29, 0.717) is 12.1 Å². The van der Waals surface area contributed by atoms with Crippen molar-refractivity contribution in [1.82, 2.24) is 10.3 Å². The standard InChI is InChI=1S/C24H28N4O/c25-16-7-17-28(18-19-8-3-1-4-9-19)23(20-10-5-2-6-11-20)21-12-14-22(15-13-21)24(29)27-26/h1-6,8-15,23H,7,16-18,25-26H2,(H,27,29). The third kappa shape index (κ3) is 5.51. The molecule has 0 heterocycles. The van der Waals surface area contributed by atoms with E-state index in [1.807, 2.05) is 36.4 Å². The van der Waals surface area contributed by atoms with Crippen LogP contribution >= 0.6 is 0 Å². The molecule has 0 aliphatic rings. The van der Waals surface area contributed by atoms with Crippen LogP contribution in [-0.4, -0.2) is 23.9 Å². The molecular formula is C24H28N4O. The van der Waals surface area contributed by atoms with Gasteiger partial charge in [0.25, 0.3) is 5.91 Å². The summed E-state index contributed by atoms with van der Waals surface area (Å²) in [5.74, 6) is 4.97. The summed E-state index contributed by atoms with van der Waals surface area (Å²) in [5.41, 5.74) is 12.1. The van der Waals surface area contributed by atoms with Crippen molar-refractivity contribution in [2.45, 2.75) is 19.0 Å². The fraction of sp³-hybridized carbons (Fsp3) is 0.208. The van der Waals surface area contributed by atoms with Crippen molar-refractivity contribution in [2.75, 3.05) is 13.1 Å². The molecule has 0 fully saturated rings. The number of hydrogen-bond acceptors (Lipinski definition) is 4. The lowest BCUT2D eigenvalue weighted by Crippen LogP contribution is -2.32. The zero-order valence-electron chi connectivity index (χ0n) is 16.5. The largest absolute Gasteiger partial charge is 0.330 e. The number of nitrogens with two attached hydrogens (primary N) is 2. The van der Waals surface area contributed by atoms with Gasteiger partial charge in [-0.15, -0.1) is 0 Å². The summed E-state index contributed by atoms with van der Waals surface area (Å²) in [5, 5.41) is 0. The van der Waals surface area contributed by atoms with E-state index in [9.17, 15) is 4.79 Å². The van der Waals surface area contributed by atoms with Crippen LogP contribution in [0.1, 0.15) is 39.5 Å². The van der Waals surface area contributed by atoms with Crippen LogP contribution in [0.2, 0.25) is 0 Å². The Kier molecular flexibility index (Phi) is 7.53. The lowest BCUT2D eigenvalue weighted by molar-refractivity contribution is 0.0953. The third-order valence-corrected chi connectivity index (χ3v) is 4.98. The van der Waals surface area contributed by atoms with Crippen LogP contribution in [0, 0.1) is 0 Å². The van der Waals surface area contributed by atoms with E-state index < -0.39 is 0 Å². The van der Waals surface area contributed by atoms with Gasteiger partial charge in [0.2, 0.25) is 0 Å². The smallest absolute Gasteiger partial charge is 0.265 e. The van der Waals surface area contributed by atoms with Gasteiger partial charge in [-0.25, -0.2) is 5.84 Å². The SMILES string of the molecule is NCCCN(Cc1ccccc1)C(c1ccccc1)c1ccc(C(=O)NN)cc1. The number of hydrogen-bond donors (Lipinski definition) is 3. The fourth-order valence-electron chi connectivity index (χ4n) is 3.56. The van der Waals surface area contributed by atoms with E-state index in [0.717, 1.165) is 25.1 Å². The monoisotopic (exact) mass is 388 g/mol. The summed E-state index contributed by atoms with van der Waals surface area (Å²) in [6, 6.07) is 28.6. The van der Waals surface area contributed by atoms with Gasteiger partial charge < -0.3 is 5.73 Å². The molecule has 0 spiro atoms. The molecule has 0 radical (unpaired) electrons. The Morgan fingerprint density at radius 1 is 0.862 bits per heavy atom. The van der Waals surface area contributed by atoms with Crippen molar-refractivity contribution < 1.29 is 4.79 Å². The van der Waals surface area contributed by atoms with Crippen LogP contribution in [0.25, 0.3) is 0 Å². The minimum absolute atomic E-state index is 0.0537. The maximum atomic E-state index is 11.8. The van der Waals surface area contributed by atoms with Crippen LogP contribution in [0.5, 0.6) is 0 Å². The second-order valence-corrected chi connectivity index (χ2v) is 7.01. The van der Waals surface area contributed by atoms with E-state index in [1.165, 1.54) is 11.1 Å². The maximum Gasteiger partial charge on any atom is 0.265 e. The van der Waals surface area contributed by atoms with E-state index in [1.54, 1.807) is 0 Å². The number of nitrogen functional groups attached to an aromatic ring is 1. The Bertz CT molecular complexity index is 882. The predicted octanol–water partition coefficient (Wildman–Crippen LogP) is 3.23. The minimum atomic E-state index is -0.294. The molecule has 29 heavy (non-hydrogen) atoms. The molecule has 0 aliphatic heterocycles. The lowest BCUT2D eigenvalue weighted by atomic mass is 9.95. The van der Waals surface area contributed by atoms with E-state index in [4.69, 9.17) is 11.6 Å². The molecule has 3 aromatic rings. The molecule has 3 aromatic carbocycles. The Morgan fingerprint density at radius 2 is 1.45 bits per heavy atom. The molecule has 150 valence electrons. The zero-order valence-corrected chi connectivity index (χ0v) is 16.5. The highest BCUT2D eigenvalue weighted by Gasteiger charge is 2.22. The molecule has 1 amide bonds. The van der Waals surface area contributed by atoms with Gasteiger partial charge in [-0.05, 0) is 41.8 Å². The van der Waals surface area contributed by atoms with E-state index in [2.05, 4.69) is 58.9 Å². The summed E-state index contributed by atoms with van der Waals surface area (Å²) >= 11 is 0. The van der Waals surface area contributed by atoms with Crippen LogP contribution in [-0.2, 0) is 6.54 Å². The number of hydrazine groups is 1. The number of nitrogens with one attached hydrogen (secondary N) is 1. The Balaban J connectivity index is 1.98. The van der Waals surface area contributed by atoms with Crippen molar-refractivity contribution in [1.29, 1.82) is 0 Å². The third-order valence-electron chi connectivity index (χ3n) is 4.98. The molecule has 1 atom stereocenters. The topological polar surface area (TPSA) is 84.4 Å². The molecule has 0 saturated heterocycles. The number of rotatable bonds is 9. The number of nitrogens with zero attached hydrogens (tertiary/aromatic N) is 1. The highest BCUT2D eigenvalue weighted by Crippen LogP contribution is 2.30. The van der Waals surface area contributed by atoms with Gasteiger partial charge in [0.1, 0.15) is 0 Å². The van der Waals surface area contributed by atoms with Gasteiger partial charge in [-0.3, -0.25) is 15.1 Å². The minimum Gasteiger partial charge on any atom is -0.330 e. The van der Waals surface area contributed by atoms with Crippen LogP contribution in [0.3, 0.4) is 0 Å². The predicted molar refractivity (Wildman–Crippen MR) is 117 cm³/mol. The fourth-order valence-corrected chi connectivity index (χ4v) is 3.56.